The third-order valence-corrected chi connectivity index (χ3v) is 2.48. The molecule has 0 saturated carbocycles. The fraction of sp³-hybridized carbons (Fsp3) is 0.250. The Kier molecular flexibility index (Phi) is 3.34. The number of nitrogens with zero attached hydrogens (tertiary/aromatic N) is 2. The van der Waals surface area contributed by atoms with E-state index in [9.17, 15) is 0 Å². The van der Waals surface area contributed by atoms with Gasteiger partial charge in [0.2, 0.25) is 0 Å². The molecule has 2 aromatic rings. The third-order valence-electron chi connectivity index (χ3n) is 2.48. The quantitative estimate of drug-likeness (QED) is 0.800. The van der Waals surface area contributed by atoms with Gasteiger partial charge in [-0.15, -0.1) is 0 Å². The zero-order valence-electron chi connectivity index (χ0n) is 9.13. The van der Waals surface area contributed by atoms with Crippen LogP contribution >= 0.6 is 0 Å². The van der Waals surface area contributed by atoms with E-state index in [2.05, 4.69) is 11.1 Å². The van der Waals surface area contributed by atoms with E-state index in [-0.39, 0.29) is 0 Å². The third kappa shape index (κ3) is 2.29. The Morgan fingerprint density at radius 1 is 1.25 bits per heavy atom. The van der Waals surface area contributed by atoms with E-state index in [1.807, 2.05) is 29.0 Å². The highest BCUT2D eigenvalue weighted by Crippen LogP contribution is 2.18. The van der Waals surface area contributed by atoms with Gasteiger partial charge >= 0.3 is 0 Å². The standard InChI is InChI=1S/C12H16N4/c13-4-5-16-8-12(15-9-16)11-3-1-2-10(6-11)7-14/h1-3,6,8-9H,4-5,7,13-14H2. The van der Waals surface area contributed by atoms with E-state index in [1.54, 1.807) is 6.33 Å². The van der Waals surface area contributed by atoms with Gasteiger partial charge in [0.1, 0.15) is 0 Å². The lowest BCUT2D eigenvalue weighted by atomic mass is 10.1. The largest absolute Gasteiger partial charge is 0.336 e. The van der Waals surface area contributed by atoms with Crippen LogP contribution in [0.5, 0.6) is 0 Å². The van der Waals surface area contributed by atoms with Crippen LogP contribution in [0.25, 0.3) is 11.3 Å². The molecule has 0 fully saturated rings. The lowest BCUT2D eigenvalue weighted by molar-refractivity contribution is 0.708. The Hall–Kier alpha value is -1.65. The highest BCUT2D eigenvalue weighted by atomic mass is 15.0. The zero-order chi connectivity index (χ0) is 11.4. The lowest BCUT2D eigenvalue weighted by Gasteiger charge is -2.00. The van der Waals surface area contributed by atoms with Crippen molar-refractivity contribution in [1.29, 1.82) is 0 Å². The van der Waals surface area contributed by atoms with Gasteiger partial charge in [-0.1, -0.05) is 18.2 Å². The monoisotopic (exact) mass is 216 g/mol. The number of nitrogens with two attached hydrogens (primary N) is 2. The van der Waals surface area contributed by atoms with Crippen LogP contribution in [0.2, 0.25) is 0 Å². The summed E-state index contributed by atoms with van der Waals surface area (Å²) < 4.78 is 1.99. The molecule has 0 radical (unpaired) electrons. The molecule has 0 saturated heterocycles. The van der Waals surface area contributed by atoms with E-state index >= 15 is 0 Å². The van der Waals surface area contributed by atoms with Gasteiger partial charge in [-0.05, 0) is 11.6 Å². The average molecular weight is 216 g/mol. The first-order chi connectivity index (χ1) is 7.83. The van der Waals surface area contributed by atoms with Crippen LogP contribution in [0.1, 0.15) is 5.56 Å². The van der Waals surface area contributed by atoms with E-state index < -0.39 is 0 Å². The highest BCUT2D eigenvalue weighted by Gasteiger charge is 2.02. The minimum atomic E-state index is 0.553. The maximum absolute atomic E-state index is 5.61. The predicted molar refractivity (Wildman–Crippen MR) is 64.6 cm³/mol. The van der Waals surface area contributed by atoms with Crippen LogP contribution in [-0.4, -0.2) is 16.1 Å². The first kappa shape index (κ1) is 10.9. The summed E-state index contributed by atoms with van der Waals surface area (Å²) in [6.07, 6.45) is 3.81. The lowest BCUT2D eigenvalue weighted by Crippen LogP contribution is -2.07. The van der Waals surface area contributed by atoms with Crippen LogP contribution in [0.15, 0.2) is 36.8 Å². The Morgan fingerprint density at radius 2 is 2.12 bits per heavy atom. The van der Waals surface area contributed by atoms with Gasteiger partial charge in [0.05, 0.1) is 12.0 Å². The van der Waals surface area contributed by atoms with Gasteiger partial charge in [-0.2, -0.15) is 0 Å². The number of rotatable bonds is 4. The van der Waals surface area contributed by atoms with E-state index in [4.69, 9.17) is 11.5 Å². The van der Waals surface area contributed by atoms with E-state index in [0.717, 1.165) is 23.4 Å². The van der Waals surface area contributed by atoms with Crippen molar-refractivity contribution in [3.63, 3.8) is 0 Å². The highest BCUT2D eigenvalue weighted by molar-refractivity contribution is 5.59. The molecule has 0 spiro atoms. The van der Waals surface area contributed by atoms with Crippen molar-refractivity contribution >= 4 is 0 Å². The molecule has 1 aromatic heterocycles. The number of hydrogen-bond acceptors (Lipinski definition) is 3. The Labute approximate surface area is 94.9 Å². The van der Waals surface area contributed by atoms with Crippen molar-refractivity contribution in [1.82, 2.24) is 9.55 Å². The molecule has 1 aromatic carbocycles. The van der Waals surface area contributed by atoms with Crippen LogP contribution in [0.3, 0.4) is 0 Å². The molecule has 0 amide bonds. The molecule has 0 atom stereocenters. The second-order valence-electron chi connectivity index (χ2n) is 3.69. The molecular weight excluding hydrogens is 200 g/mol. The minimum absolute atomic E-state index is 0.553. The summed E-state index contributed by atoms with van der Waals surface area (Å²) in [7, 11) is 0. The number of hydrogen-bond donors (Lipinski definition) is 2. The molecular formula is C12H16N4. The number of imidazole rings is 1. The van der Waals surface area contributed by atoms with Gasteiger partial charge < -0.3 is 16.0 Å². The van der Waals surface area contributed by atoms with Crippen molar-refractivity contribution in [2.45, 2.75) is 13.1 Å². The number of aromatic nitrogens is 2. The molecule has 16 heavy (non-hydrogen) atoms. The summed E-state index contributed by atoms with van der Waals surface area (Å²) in [5.41, 5.74) is 14.3. The average Bonchev–Trinajstić information content (AvgIpc) is 2.78. The van der Waals surface area contributed by atoms with Gasteiger partial charge in [-0.25, -0.2) is 4.98 Å². The van der Waals surface area contributed by atoms with Crippen LogP contribution in [0.4, 0.5) is 0 Å². The maximum atomic E-state index is 5.61. The Morgan fingerprint density at radius 3 is 2.88 bits per heavy atom. The summed E-state index contributed by atoms with van der Waals surface area (Å²) in [6, 6.07) is 8.11. The topological polar surface area (TPSA) is 69.9 Å². The molecule has 4 nitrogen and oxygen atoms in total. The molecule has 0 aliphatic heterocycles. The van der Waals surface area contributed by atoms with E-state index in [0.29, 0.717) is 13.1 Å². The van der Waals surface area contributed by atoms with Crippen molar-refractivity contribution in [2.24, 2.45) is 11.5 Å². The summed E-state index contributed by atoms with van der Waals surface area (Å²) in [5.74, 6) is 0. The zero-order valence-corrected chi connectivity index (χ0v) is 9.13. The smallest absolute Gasteiger partial charge is 0.0954 e. The van der Waals surface area contributed by atoms with Gasteiger partial charge in [0.25, 0.3) is 0 Å². The van der Waals surface area contributed by atoms with E-state index in [1.165, 1.54) is 0 Å². The van der Waals surface area contributed by atoms with Gasteiger partial charge in [0, 0.05) is 31.4 Å². The second-order valence-corrected chi connectivity index (χ2v) is 3.69. The fourth-order valence-corrected chi connectivity index (χ4v) is 1.64. The van der Waals surface area contributed by atoms with Crippen molar-refractivity contribution < 1.29 is 0 Å². The molecule has 2 rings (SSSR count). The first-order valence-electron chi connectivity index (χ1n) is 5.34. The molecule has 0 bridgehead atoms. The Balaban J connectivity index is 2.27. The molecule has 0 aliphatic carbocycles. The second kappa shape index (κ2) is 4.92. The summed E-state index contributed by atoms with van der Waals surface area (Å²) >= 11 is 0. The van der Waals surface area contributed by atoms with Crippen LogP contribution in [0, 0.1) is 0 Å². The SMILES string of the molecule is NCCn1cnc(-c2cccc(CN)c2)c1. The van der Waals surface area contributed by atoms with Crippen LogP contribution in [-0.2, 0) is 13.1 Å². The summed E-state index contributed by atoms with van der Waals surface area (Å²) in [6.45, 7) is 1.97. The molecule has 0 unspecified atom stereocenters. The molecule has 84 valence electrons. The molecule has 4 N–H and O–H groups in total. The van der Waals surface area contributed by atoms with Crippen molar-refractivity contribution in [3.8, 4) is 11.3 Å². The normalized spacial score (nSPS) is 10.6. The Bertz CT molecular complexity index is 462. The van der Waals surface area contributed by atoms with Gasteiger partial charge in [0.15, 0.2) is 0 Å². The molecule has 1 heterocycles. The first-order valence-corrected chi connectivity index (χ1v) is 5.34. The van der Waals surface area contributed by atoms with Crippen LogP contribution < -0.4 is 11.5 Å². The number of benzene rings is 1. The summed E-state index contributed by atoms with van der Waals surface area (Å²) in [4.78, 5) is 4.35. The van der Waals surface area contributed by atoms with Gasteiger partial charge in [-0.3, -0.25) is 0 Å². The molecule has 0 aliphatic rings. The maximum Gasteiger partial charge on any atom is 0.0954 e. The fourth-order valence-electron chi connectivity index (χ4n) is 1.64. The van der Waals surface area contributed by atoms with Crippen molar-refractivity contribution in [2.75, 3.05) is 6.54 Å². The van der Waals surface area contributed by atoms with Crippen molar-refractivity contribution in [3.05, 3.63) is 42.4 Å². The minimum Gasteiger partial charge on any atom is -0.336 e. The predicted octanol–water partition coefficient (Wildman–Crippen LogP) is 0.967. The summed E-state index contributed by atoms with van der Waals surface area (Å²) in [5, 5.41) is 0. The molecule has 4 heteroatoms.